The third-order valence-corrected chi connectivity index (χ3v) is 2.87. The maximum atomic E-state index is 11.2. The highest BCUT2D eigenvalue weighted by atomic mass is 35.5. The highest BCUT2D eigenvalue weighted by molar-refractivity contribution is 6.30. The number of ether oxygens (including phenoxy) is 1. The fourth-order valence-electron chi connectivity index (χ4n) is 2.14. The van der Waals surface area contributed by atoms with Gasteiger partial charge in [-0.3, -0.25) is 0 Å². The Kier molecular flexibility index (Phi) is 4.58. The van der Waals surface area contributed by atoms with Gasteiger partial charge in [0, 0.05) is 11.4 Å². The molecule has 0 aliphatic rings. The number of ketones is 1. The summed E-state index contributed by atoms with van der Waals surface area (Å²) in [7, 11) is 1.64. The zero-order chi connectivity index (χ0) is 13.1. The summed E-state index contributed by atoms with van der Waals surface area (Å²) in [5.41, 5.74) is 0.968. The van der Waals surface area contributed by atoms with Crippen molar-refractivity contribution in [3.8, 4) is 5.75 Å². The molecular weight excluding hydrogens is 236 g/mol. The van der Waals surface area contributed by atoms with Gasteiger partial charge < -0.3 is 9.53 Å². The van der Waals surface area contributed by atoms with Crippen LogP contribution in [0.3, 0.4) is 0 Å². The maximum absolute atomic E-state index is 11.2. The van der Waals surface area contributed by atoms with E-state index in [1.807, 2.05) is 18.2 Å². The first-order valence-corrected chi connectivity index (χ1v) is 6.04. The molecule has 0 heterocycles. The van der Waals surface area contributed by atoms with E-state index in [-0.39, 0.29) is 11.2 Å². The summed E-state index contributed by atoms with van der Waals surface area (Å²) in [6.07, 6.45) is 1.33. The van der Waals surface area contributed by atoms with E-state index in [1.165, 1.54) is 0 Å². The lowest BCUT2D eigenvalue weighted by atomic mass is 9.81. The van der Waals surface area contributed by atoms with Crippen molar-refractivity contribution in [1.82, 2.24) is 0 Å². The standard InChI is InChI=1S/C14H19ClO2/c1-10(16)8-14(2,3)9-11-7-12(15)5-6-13(11)17-4/h5-7H,8-9H2,1-4H3. The Hall–Kier alpha value is -1.02. The molecule has 0 aliphatic heterocycles. The summed E-state index contributed by atoms with van der Waals surface area (Å²) < 4.78 is 5.31. The Morgan fingerprint density at radius 2 is 2.06 bits per heavy atom. The number of benzene rings is 1. The molecule has 1 rings (SSSR count). The molecule has 3 heteroatoms. The summed E-state index contributed by atoms with van der Waals surface area (Å²) in [4.78, 5) is 11.2. The lowest BCUT2D eigenvalue weighted by Gasteiger charge is -2.24. The first-order chi connectivity index (χ1) is 7.84. The molecule has 0 saturated heterocycles. The van der Waals surface area contributed by atoms with Crippen LogP contribution < -0.4 is 4.74 Å². The van der Waals surface area contributed by atoms with E-state index in [9.17, 15) is 4.79 Å². The Morgan fingerprint density at radius 1 is 1.41 bits per heavy atom. The first kappa shape index (κ1) is 14.0. The van der Waals surface area contributed by atoms with E-state index >= 15 is 0 Å². The van der Waals surface area contributed by atoms with Crippen molar-refractivity contribution in [3.05, 3.63) is 28.8 Å². The van der Waals surface area contributed by atoms with Crippen molar-refractivity contribution in [2.24, 2.45) is 5.41 Å². The first-order valence-electron chi connectivity index (χ1n) is 5.66. The summed E-state index contributed by atoms with van der Waals surface area (Å²) in [6, 6.07) is 5.58. The van der Waals surface area contributed by atoms with Gasteiger partial charge in [0.05, 0.1) is 7.11 Å². The van der Waals surface area contributed by atoms with Crippen LogP contribution in [-0.2, 0) is 11.2 Å². The molecule has 0 bridgehead atoms. The van der Waals surface area contributed by atoms with Gasteiger partial charge in [0.2, 0.25) is 0 Å². The van der Waals surface area contributed by atoms with Crippen LogP contribution >= 0.6 is 11.6 Å². The minimum Gasteiger partial charge on any atom is -0.496 e. The van der Waals surface area contributed by atoms with Crippen LogP contribution in [0.2, 0.25) is 5.02 Å². The molecule has 0 aliphatic carbocycles. The molecule has 17 heavy (non-hydrogen) atoms. The predicted molar refractivity (Wildman–Crippen MR) is 70.8 cm³/mol. The summed E-state index contributed by atoms with van der Waals surface area (Å²) in [5, 5.41) is 0.694. The topological polar surface area (TPSA) is 26.3 Å². The van der Waals surface area contributed by atoms with Gasteiger partial charge in [-0.2, -0.15) is 0 Å². The van der Waals surface area contributed by atoms with Gasteiger partial charge in [0.15, 0.2) is 0 Å². The van der Waals surface area contributed by atoms with Gasteiger partial charge in [0.1, 0.15) is 11.5 Å². The van der Waals surface area contributed by atoms with E-state index in [0.29, 0.717) is 11.4 Å². The van der Waals surface area contributed by atoms with E-state index in [1.54, 1.807) is 14.0 Å². The van der Waals surface area contributed by atoms with Gasteiger partial charge in [-0.15, -0.1) is 0 Å². The fraction of sp³-hybridized carbons (Fsp3) is 0.500. The van der Waals surface area contributed by atoms with Gasteiger partial charge in [0.25, 0.3) is 0 Å². The minimum atomic E-state index is -0.0796. The molecule has 0 aromatic heterocycles. The van der Waals surface area contributed by atoms with Crippen LogP contribution in [0.4, 0.5) is 0 Å². The van der Waals surface area contributed by atoms with Crippen molar-refractivity contribution in [3.63, 3.8) is 0 Å². The number of hydrogen-bond donors (Lipinski definition) is 0. The molecule has 0 fully saturated rings. The van der Waals surface area contributed by atoms with Crippen LogP contribution in [0.1, 0.15) is 32.8 Å². The zero-order valence-corrected chi connectivity index (χ0v) is 11.6. The van der Waals surface area contributed by atoms with Crippen LogP contribution in [0.15, 0.2) is 18.2 Å². The molecule has 0 N–H and O–H groups in total. The second kappa shape index (κ2) is 5.54. The van der Waals surface area contributed by atoms with Gasteiger partial charge in [-0.25, -0.2) is 0 Å². The van der Waals surface area contributed by atoms with Crippen LogP contribution in [0.5, 0.6) is 5.75 Å². The zero-order valence-electron chi connectivity index (χ0n) is 10.8. The van der Waals surface area contributed by atoms with Crippen molar-refractivity contribution in [1.29, 1.82) is 0 Å². The van der Waals surface area contributed by atoms with Gasteiger partial charge in [-0.05, 0) is 42.5 Å². The Balaban J connectivity index is 2.93. The minimum absolute atomic E-state index is 0.0796. The lowest BCUT2D eigenvalue weighted by molar-refractivity contribution is -0.118. The molecule has 0 saturated carbocycles. The highest BCUT2D eigenvalue weighted by Crippen LogP contribution is 2.32. The lowest BCUT2D eigenvalue weighted by Crippen LogP contribution is -2.19. The SMILES string of the molecule is COc1ccc(Cl)cc1CC(C)(C)CC(C)=O. The molecular formula is C14H19ClO2. The van der Waals surface area contributed by atoms with Crippen molar-refractivity contribution in [2.75, 3.05) is 7.11 Å². The van der Waals surface area contributed by atoms with Crippen molar-refractivity contribution in [2.45, 2.75) is 33.6 Å². The molecule has 94 valence electrons. The molecule has 1 aromatic carbocycles. The van der Waals surface area contributed by atoms with Gasteiger partial charge in [-0.1, -0.05) is 25.4 Å². The Bertz CT molecular complexity index is 411. The second-order valence-corrected chi connectivity index (χ2v) is 5.61. The number of rotatable bonds is 5. The summed E-state index contributed by atoms with van der Waals surface area (Å²) >= 11 is 5.99. The van der Waals surface area contributed by atoms with Crippen LogP contribution in [0.25, 0.3) is 0 Å². The Morgan fingerprint density at radius 3 is 2.59 bits per heavy atom. The number of hydrogen-bond acceptors (Lipinski definition) is 2. The third kappa shape index (κ3) is 4.39. The normalized spacial score (nSPS) is 11.4. The van der Waals surface area contributed by atoms with E-state index in [0.717, 1.165) is 17.7 Å². The largest absolute Gasteiger partial charge is 0.496 e. The summed E-state index contributed by atoms with van der Waals surface area (Å²) in [5.74, 6) is 1.03. The van der Waals surface area contributed by atoms with E-state index < -0.39 is 0 Å². The Labute approximate surface area is 108 Å². The van der Waals surface area contributed by atoms with Crippen LogP contribution in [-0.4, -0.2) is 12.9 Å². The average molecular weight is 255 g/mol. The molecule has 2 nitrogen and oxygen atoms in total. The number of halogens is 1. The van der Waals surface area contributed by atoms with Crippen molar-refractivity contribution >= 4 is 17.4 Å². The number of carbonyl (C=O) groups is 1. The van der Waals surface area contributed by atoms with E-state index in [2.05, 4.69) is 13.8 Å². The molecule has 0 unspecified atom stereocenters. The number of Topliss-reactive ketones (excluding diaryl/α,β-unsaturated/α-hetero) is 1. The maximum Gasteiger partial charge on any atom is 0.130 e. The molecule has 0 atom stereocenters. The van der Waals surface area contributed by atoms with Crippen molar-refractivity contribution < 1.29 is 9.53 Å². The predicted octanol–water partition coefficient (Wildman–Crippen LogP) is 3.90. The molecule has 0 amide bonds. The number of carbonyl (C=O) groups excluding carboxylic acids is 1. The van der Waals surface area contributed by atoms with Gasteiger partial charge >= 0.3 is 0 Å². The smallest absolute Gasteiger partial charge is 0.130 e. The van der Waals surface area contributed by atoms with Crippen LogP contribution in [0, 0.1) is 5.41 Å². The second-order valence-electron chi connectivity index (χ2n) is 5.18. The molecule has 0 spiro atoms. The number of methoxy groups -OCH3 is 1. The highest BCUT2D eigenvalue weighted by Gasteiger charge is 2.22. The average Bonchev–Trinajstić information content (AvgIpc) is 2.14. The molecule has 0 radical (unpaired) electrons. The fourth-order valence-corrected chi connectivity index (χ4v) is 2.33. The third-order valence-electron chi connectivity index (χ3n) is 2.64. The molecule has 1 aromatic rings. The van der Waals surface area contributed by atoms with E-state index in [4.69, 9.17) is 16.3 Å². The summed E-state index contributed by atoms with van der Waals surface area (Å²) in [6.45, 7) is 5.78. The quantitative estimate of drug-likeness (QED) is 0.797. The monoisotopic (exact) mass is 254 g/mol.